The molecule has 3 aromatic rings. The van der Waals surface area contributed by atoms with Crippen molar-refractivity contribution in [2.24, 2.45) is 0 Å². The van der Waals surface area contributed by atoms with Crippen molar-refractivity contribution in [3.63, 3.8) is 0 Å². The second-order valence-corrected chi connectivity index (χ2v) is 12.5. The Labute approximate surface area is 243 Å². The van der Waals surface area contributed by atoms with E-state index < -0.39 is 23.3 Å². The maximum atomic E-state index is 15.6. The zero-order valence-corrected chi connectivity index (χ0v) is 24.5. The summed E-state index contributed by atoms with van der Waals surface area (Å²) in [5.74, 6) is -1.07. The minimum atomic E-state index is -1.90. The molecule has 0 fully saturated rings. The largest absolute Gasteiger partial charge is 0.458 e. The van der Waals surface area contributed by atoms with E-state index in [0.717, 1.165) is 41.3 Å². The molecule has 9 nitrogen and oxygen atoms in total. The van der Waals surface area contributed by atoms with Crippen LogP contribution < -0.4 is 10.9 Å². The number of hydrogen-bond acceptors (Lipinski definition) is 7. The third kappa shape index (κ3) is 4.56. The number of benzene rings is 1. The molecule has 3 aliphatic rings. The summed E-state index contributed by atoms with van der Waals surface area (Å²) >= 11 is 0. The molecular weight excluding hydrogens is 541 g/mol. The third-order valence-electron chi connectivity index (χ3n) is 8.64. The maximum absolute atomic E-state index is 15.6. The molecule has 1 aliphatic carbocycles. The molecule has 0 saturated carbocycles. The first-order valence-corrected chi connectivity index (χ1v) is 14.7. The van der Waals surface area contributed by atoms with Gasteiger partial charge in [-0.15, -0.1) is 0 Å². The summed E-state index contributed by atoms with van der Waals surface area (Å²) < 4.78 is 27.7. The summed E-state index contributed by atoms with van der Waals surface area (Å²) in [5.41, 5.74) is 3.16. The lowest BCUT2D eigenvalue weighted by molar-refractivity contribution is -0.172. The van der Waals surface area contributed by atoms with Gasteiger partial charge in [-0.25, -0.2) is 19.0 Å². The number of hydrogen-bond donors (Lipinski definition) is 2. The van der Waals surface area contributed by atoms with Crippen LogP contribution in [0.15, 0.2) is 16.9 Å². The monoisotopic (exact) mass is 577 g/mol. The molecule has 1 aromatic carbocycles. The van der Waals surface area contributed by atoms with Crippen LogP contribution in [0.5, 0.6) is 0 Å². The lowest BCUT2D eigenvalue weighted by Crippen LogP contribution is -2.44. The molecule has 0 spiro atoms. The molecule has 0 bridgehead atoms. The van der Waals surface area contributed by atoms with Gasteiger partial charge >= 0.3 is 12.1 Å². The minimum Gasteiger partial charge on any atom is -0.458 e. The number of rotatable bonds is 6. The molecule has 1 amide bonds. The number of aliphatic hydroxyl groups is 1. The average Bonchev–Trinajstić information content (AvgIpc) is 3.30. The van der Waals surface area contributed by atoms with Crippen LogP contribution in [0.4, 0.5) is 9.18 Å². The number of amides is 1. The number of cyclic esters (lactones) is 1. The Kier molecular flexibility index (Phi) is 6.87. The SMILES string of the molecule is CC[C@@]1(O)C(=O)OCc2c1cc1n(c2=O)Cc2c-1nc1cc(F)c(CCCCNC(=O)OC(C)(C)C)c3c1c2CCC3. The van der Waals surface area contributed by atoms with Gasteiger partial charge in [-0.1, -0.05) is 6.92 Å². The number of ether oxygens (including phenoxy) is 2. The Hall–Kier alpha value is -3.79. The first-order chi connectivity index (χ1) is 19.9. The number of aromatic nitrogens is 2. The molecule has 10 heteroatoms. The van der Waals surface area contributed by atoms with Gasteiger partial charge in [0, 0.05) is 29.1 Å². The van der Waals surface area contributed by atoms with Crippen LogP contribution in [0.3, 0.4) is 0 Å². The number of pyridine rings is 2. The summed E-state index contributed by atoms with van der Waals surface area (Å²) in [6.07, 6.45) is 3.93. The number of carbonyl (C=O) groups excluding carboxylic acids is 2. The van der Waals surface area contributed by atoms with Gasteiger partial charge in [0.05, 0.1) is 29.0 Å². The zero-order chi connectivity index (χ0) is 30.0. The van der Waals surface area contributed by atoms with E-state index in [0.29, 0.717) is 54.8 Å². The highest BCUT2D eigenvalue weighted by atomic mass is 19.1. The Morgan fingerprint density at radius 3 is 2.67 bits per heavy atom. The number of nitrogens with zero attached hydrogens (tertiary/aromatic N) is 2. The predicted octanol–water partition coefficient (Wildman–Crippen LogP) is 4.55. The quantitative estimate of drug-likeness (QED) is 0.255. The van der Waals surface area contributed by atoms with Crippen LogP contribution >= 0.6 is 0 Å². The van der Waals surface area contributed by atoms with Gasteiger partial charge in [-0.3, -0.25) is 4.79 Å². The van der Waals surface area contributed by atoms with Crippen LogP contribution in [0, 0.1) is 5.82 Å². The Morgan fingerprint density at radius 1 is 1.17 bits per heavy atom. The van der Waals surface area contributed by atoms with Crippen molar-refractivity contribution in [1.29, 1.82) is 0 Å². The molecule has 2 N–H and O–H groups in total. The van der Waals surface area contributed by atoms with Gasteiger partial charge in [0.25, 0.3) is 5.56 Å². The molecule has 0 saturated heterocycles. The van der Waals surface area contributed by atoms with Crippen molar-refractivity contribution in [3.05, 3.63) is 61.7 Å². The molecule has 0 radical (unpaired) electrons. The smallest absolute Gasteiger partial charge is 0.407 e. The van der Waals surface area contributed by atoms with Gasteiger partial charge in [-0.05, 0) is 88.5 Å². The lowest BCUT2D eigenvalue weighted by Gasteiger charge is -2.31. The minimum absolute atomic E-state index is 0.0688. The average molecular weight is 578 g/mol. The van der Waals surface area contributed by atoms with E-state index in [1.807, 2.05) is 20.8 Å². The summed E-state index contributed by atoms with van der Waals surface area (Å²) in [7, 11) is 0. The Morgan fingerprint density at radius 2 is 1.93 bits per heavy atom. The topological polar surface area (TPSA) is 120 Å². The normalized spacial score (nSPS) is 18.8. The van der Waals surface area contributed by atoms with Gasteiger partial charge in [0.1, 0.15) is 18.0 Å². The van der Waals surface area contributed by atoms with Crippen molar-refractivity contribution >= 4 is 23.0 Å². The number of fused-ring (bicyclic) bond motifs is 5. The van der Waals surface area contributed by atoms with Crippen LogP contribution in [0.1, 0.15) is 86.8 Å². The fraction of sp³-hybridized carbons (Fsp3) is 0.500. The summed E-state index contributed by atoms with van der Waals surface area (Å²) in [6, 6.07) is 3.18. The van der Waals surface area contributed by atoms with E-state index in [2.05, 4.69) is 5.32 Å². The van der Waals surface area contributed by atoms with Gasteiger partial charge in [0.2, 0.25) is 0 Å². The van der Waals surface area contributed by atoms with Crippen molar-refractivity contribution in [2.45, 2.75) is 97.0 Å². The number of nitrogens with one attached hydrogen (secondary N) is 1. The highest BCUT2D eigenvalue weighted by Crippen LogP contribution is 2.43. The number of alkyl carbamates (subject to hydrolysis) is 1. The zero-order valence-electron chi connectivity index (χ0n) is 24.5. The number of halogens is 1. The van der Waals surface area contributed by atoms with Crippen LogP contribution in [-0.4, -0.2) is 38.9 Å². The fourth-order valence-corrected chi connectivity index (χ4v) is 6.62. The van der Waals surface area contributed by atoms with E-state index in [1.165, 1.54) is 6.07 Å². The van der Waals surface area contributed by atoms with Crippen molar-refractivity contribution in [1.82, 2.24) is 14.9 Å². The molecule has 6 rings (SSSR count). The van der Waals surface area contributed by atoms with E-state index >= 15 is 4.39 Å². The molecule has 42 heavy (non-hydrogen) atoms. The summed E-state index contributed by atoms with van der Waals surface area (Å²) in [6.45, 7) is 7.70. The predicted molar refractivity (Wildman–Crippen MR) is 154 cm³/mol. The summed E-state index contributed by atoms with van der Waals surface area (Å²) in [4.78, 5) is 42.9. The number of aryl methyl sites for hydroxylation is 2. The van der Waals surface area contributed by atoms with Crippen molar-refractivity contribution in [3.8, 4) is 11.4 Å². The molecule has 0 unspecified atom stereocenters. The Bertz CT molecular complexity index is 1710. The number of esters is 1. The van der Waals surface area contributed by atoms with E-state index in [9.17, 15) is 19.5 Å². The molecule has 2 aliphatic heterocycles. The standard InChI is InChI=1S/C32H36FN3O6/c1-5-32(40)22-13-25-27-20(15-36(25)28(37)21(22)16-41-29(32)38)19-11-8-10-18-17(23(33)14-24(35-27)26(18)19)9-6-7-12-34-30(39)42-31(2,3)4/h13-14,40H,5-12,15-16H2,1-4H3,(H,34,39)/t32-/m0/s1. The molecule has 2 aromatic heterocycles. The van der Waals surface area contributed by atoms with Crippen LogP contribution in [0.2, 0.25) is 0 Å². The fourth-order valence-electron chi connectivity index (χ4n) is 6.62. The lowest BCUT2D eigenvalue weighted by atomic mass is 9.83. The first kappa shape index (κ1) is 28.3. The van der Waals surface area contributed by atoms with Crippen molar-refractivity contribution in [2.75, 3.05) is 6.54 Å². The van der Waals surface area contributed by atoms with E-state index in [4.69, 9.17) is 14.5 Å². The molecule has 222 valence electrons. The highest BCUT2D eigenvalue weighted by Gasteiger charge is 2.45. The maximum Gasteiger partial charge on any atom is 0.407 e. The van der Waals surface area contributed by atoms with Crippen LogP contribution in [-0.2, 0) is 52.3 Å². The van der Waals surface area contributed by atoms with Crippen LogP contribution in [0.25, 0.3) is 22.3 Å². The molecule has 4 heterocycles. The summed E-state index contributed by atoms with van der Waals surface area (Å²) in [5, 5.41) is 14.9. The molecular formula is C32H36FN3O6. The van der Waals surface area contributed by atoms with E-state index in [-0.39, 0.29) is 35.5 Å². The first-order valence-electron chi connectivity index (χ1n) is 14.7. The Balaban J connectivity index is 1.33. The van der Waals surface area contributed by atoms with Gasteiger partial charge in [-0.2, -0.15) is 0 Å². The molecule has 1 atom stereocenters. The highest BCUT2D eigenvalue weighted by molar-refractivity contribution is 5.92. The van der Waals surface area contributed by atoms with Gasteiger partial charge < -0.3 is 24.5 Å². The second kappa shape index (κ2) is 10.2. The van der Waals surface area contributed by atoms with Gasteiger partial charge in [0.15, 0.2) is 5.60 Å². The second-order valence-electron chi connectivity index (χ2n) is 12.5. The number of unbranched alkanes of at least 4 members (excludes halogenated alkanes) is 1. The third-order valence-corrected chi connectivity index (χ3v) is 8.64. The number of carbonyl (C=O) groups is 2. The van der Waals surface area contributed by atoms with E-state index in [1.54, 1.807) is 17.6 Å². The van der Waals surface area contributed by atoms with Crippen molar-refractivity contribution < 1.29 is 28.6 Å².